The summed E-state index contributed by atoms with van der Waals surface area (Å²) < 4.78 is 39.3. The highest BCUT2D eigenvalue weighted by atomic mass is 32.2. The average molecular weight is 361 g/mol. The highest BCUT2D eigenvalue weighted by Crippen LogP contribution is 2.35. The Hall–Kier alpha value is -2.05. The van der Waals surface area contributed by atoms with Gasteiger partial charge in [-0.3, -0.25) is 0 Å². The Kier molecular flexibility index (Phi) is 5.30. The molecule has 6 heteroatoms. The molecule has 0 amide bonds. The normalized spacial score (nSPS) is 16.8. The summed E-state index contributed by atoms with van der Waals surface area (Å²) in [4.78, 5) is 0. The van der Waals surface area contributed by atoms with E-state index in [9.17, 15) is 8.42 Å². The van der Waals surface area contributed by atoms with Gasteiger partial charge in [0.1, 0.15) is 11.5 Å². The van der Waals surface area contributed by atoms with Crippen molar-refractivity contribution in [3.05, 3.63) is 59.2 Å². The van der Waals surface area contributed by atoms with Crippen molar-refractivity contribution in [2.75, 3.05) is 13.2 Å². The first-order valence-electron chi connectivity index (χ1n) is 8.42. The summed E-state index contributed by atoms with van der Waals surface area (Å²) >= 11 is 0. The lowest BCUT2D eigenvalue weighted by atomic mass is 10.0. The van der Waals surface area contributed by atoms with Gasteiger partial charge in [-0.1, -0.05) is 24.3 Å². The van der Waals surface area contributed by atoms with Crippen molar-refractivity contribution in [2.24, 2.45) is 0 Å². The maximum absolute atomic E-state index is 12.7. The van der Waals surface area contributed by atoms with Crippen LogP contribution < -0.4 is 14.2 Å². The topological polar surface area (TPSA) is 64.6 Å². The van der Waals surface area contributed by atoms with Gasteiger partial charge >= 0.3 is 0 Å². The smallest absolute Gasteiger partial charge is 0.216 e. The van der Waals surface area contributed by atoms with E-state index in [1.165, 1.54) is 0 Å². The molecule has 0 unspecified atom stereocenters. The van der Waals surface area contributed by atoms with E-state index >= 15 is 0 Å². The molecule has 1 aliphatic heterocycles. The van der Waals surface area contributed by atoms with Crippen LogP contribution in [0, 0.1) is 6.92 Å². The van der Waals surface area contributed by atoms with Crippen molar-refractivity contribution in [1.82, 2.24) is 4.72 Å². The van der Waals surface area contributed by atoms with Gasteiger partial charge in [-0.2, -0.15) is 0 Å². The van der Waals surface area contributed by atoms with Crippen LogP contribution in [0.15, 0.2) is 42.5 Å². The van der Waals surface area contributed by atoms with Gasteiger partial charge in [0.15, 0.2) is 0 Å². The third kappa shape index (κ3) is 4.32. The number of aryl methyl sites for hydroxylation is 1. The van der Waals surface area contributed by atoms with Gasteiger partial charge in [0.2, 0.25) is 10.0 Å². The van der Waals surface area contributed by atoms with Crippen LogP contribution in [0.5, 0.6) is 11.5 Å². The van der Waals surface area contributed by atoms with Crippen molar-refractivity contribution in [2.45, 2.75) is 32.1 Å². The Bertz CT molecular complexity index is 848. The van der Waals surface area contributed by atoms with Crippen LogP contribution in [0.2, 0.25) is 0 Å². The third-order valence-electron chi connectivity index (χ3n) is 4.26. The number of hydrogen-bond acceptors (Lipinski definition) is 4. The molecule has 0 bridgehead atoms. The molecule has 5 nitrogen and oxygen atoms in total. The third-order valence-corrected chi connectivity index (χ3v) is 5.60. The van der Waals surface area contributed by atoms with Crippen LogP contribution in [0.4, 0.5) is 0 Å². The quantitative estimate of drug-likeness (QED) is 0.857. The van der Waals surface area contributed by atoms with Crippen LogP contribution in [0.25, 0.3) is 0 Å². The summed E-state index contributed by atoms with van der Waals surface area (Å²) in [7, 11) is -3.47. The summed E-state index contributed by atoms with van der Waals surface area (Å²) in [5, 5.41) is 0. The fourth-order valence-electron chi connectivity index (χ4n) is 2.99. The minimum absolute atomic E-state index is 0.0302. The molecule has 0 aliphatic carbocycles. The lowest BCUT2D eigenvalue weighted by Gasteiger charge is -2.27. The van der Waals surface area contributed by atoms with Crippen LogP contribution in [0.1, 0.15) is 36.1 Å². The van der Waals surface area contributed by atoms with Crippen molar-refractivity contribution < 1.29 is 17.9 Å². The molecule has 2 aromatic carbocycles. The molecule has 0 saturated carbocycles. The standard InChI is InChI=1S/C19H23NO4S/c1-3-23-16-8-9-19-17(12-16)18(10-11-24-19)20-25(21,22)13-15-7-5-4-6-14(15)2/h4-9,12,18,20H,3,10-11,13H2,1-2H3/t18-/m0/s1. The molecule has 134 valence electrons. The molecule has 1 N–H and O–H groups in total. The first-order valence-corrected chi connectivity index (χ1v) is 10.1. The number of rotatable bonds is 6. The molecule has 0 aromatic heterocycles. The molecular weight excluding hydrogens is 338 g/mol. The van der Waals surface area contributed by atoms with E-state index in [4.69, 9.17) is 9.47 Å². The van der Waals surface area contributed by atoms with Gasteiger partial charge < -0.3 is 9.47 Å². The van der Waals surface area contributed by atoms with Gasteiger partial charge in [-0.05, 0) is 43.2 Å². The second-order valence-electron chi connectivity index (χ2n) is 6.13. The maximum Gasteiger partial charge on any atom is 0.216 e. The zero-order chi connectivity index (χ0) is 17.9. The summed E-state index contributed by atoms with van der Waals surface area (Å²) in [6, 6.07) is 12.8. The monoisotopic (exact) mass is 361 g/mol. The Morgan fingerprint density at radius 1 is 1.24 bits per heavy atom. The summed E-state index contributed by atoms with van der Waals surface area (Å²) in [6.45, 7) is 4.88. The zero-order valence-electron chi connectivity index (χ0n) is 14.5. The predicted molar refractivity (Wildman–Crippen MR) is 97.4 cm³/mol. The second-order valence-corrected chi connectivity index (χ2v) is 7.88. The van der Waals surface area contributed by atoms with Gasteiger partial charge in [0.05, 0.1) is 25.0 Å². The van der Waals surface area contributed by atoms with E-state index in [0.717, 1.165) is 22.4 Å². The molecular formula is C19H23NO4S. The Morgan fingerprint density at radius 2 is 2.04 bits per heavy atom. The van der Waals surface area contributed by atoms with E-state index in [1.54, 1.807) is 0 Å². The van der Waals surface area contributed by atoms with E-state index < -0.39 is 10.0 Å². The number of nitrogens with one attached hydrogen (secondary N) is 1. The summed E-state index contributed by atoms with van der Waals surface area (Å²) in [5.41, 5.74) is 2.61. The molecule has 0 saturated heterocycles. The SMILES string of the molecule is CCOc1ccc2c(c1)[C@@H](NS(=O)(=O)Cc1ccccc1C)CCO2. The van der Waals surface area contributed by atoms with E-state index in [-0.39, 0.29) is 11.8 Å². The van der Waals surface area contributed by atoms with E-state index in [2.05, 4.69) is 4.72 Å². The molecule has 2 aromatic rings. The van der Waals surface area contributed by atoms with Crippen molar-refractivity contribution in [1.29, 1.82) is 0 Å². The predicted octanol–water partition coefficient (Wildman–Crippen LogP) is 3.34. The average Bonchev–Trinajstić information content (AvgIpc) is 2.57. The summed E-state index contributed by atoms with van der Waals surface area (Å²) in [5.74, 6) is 1.39. The van der Waals surface area contributed by atoms with Crippen LogP contribution in [0.3, 0.4) is 0 Å². The highest BCUT2D eigenvalue weighted by Gasteiger charge is 2.26. The van der Waals surface area contributed by atoms with Crippen molar-refractivity contribution in [3.8, 4) is 11.5 Å². The zero-order valence-corrected chi connectivity index (χ0v) is 15.3. The van der Waals surface area contributed by atoms with Crippen molar-refractivity contribution >= 4 is 10.0 Å². The molecule has 0 spiro atoms. The molecule has 1 aliphatic rings. The van der Waals surface area contributed by atoms with Crippen LogP contribution in [-0.2, 0) is 15.8 Å². The van der Waals surface area contributed by atoms with Gasteiger partial charge in [0, 0.05) is 12.0 Å². The van der Waals surface area contributed by atoms with Gasteiger partial charge in [0.25, 0.3) is 0 Å². The molecule has 3 rings (SSSR count). The minimum atomic E-state index is -3.47. The number of ether oxygens (including phenoxy) is 2. The van der Waals surface area contributed by atoms with Gasteiger partial charge in [-0.25, -0.2) is 13.1 Å². The number of hydrogen-bond donors (Lipinski definition) is 1. The largest absolute Gasteiger partial charge is 0.494 e. The van der Waals surface area contributed by atoms with Crippen LogP contribution >= 0.6 is 0 Å². The Balaban J connectivity index is 1.81. The lowest BCUT2D eigenvalue weighted by molar-refractivity contribution is 0.261. The first kappa shape index (κ1) is 17.8. The second kappa shape index (κ2) is 7.45. The summed E-state index contributed by atoms with van der Waals surface area (Å²) in [6.07, 6.45) is 0.593. The Labute approximate surface area is 149 Å². The number of sulfonamides is 1. The number of fused-ring (bicyclic) bond motifs is 1. The fourth-order valence-corrected chi connectivity index (χ4v) is 4.48. The van der Waals surface area contributed by atoms with Crippen molar-refractivity contribution in [3.63, 3.8) is 0 Å². The van der Waals surface area contributed by atoms with Crippen LogP contribution in [-0.4, -0.2) is 21.6 Å². The fraction of sp³-hybridized carbons (Fsp3) is 0.368. The highest BCUT2D eigenvalue weighted by molar-refractivity contribution is 7.88. The molecule has 1 atom stereocenters. The maximum atomic E-state index is 12.7. The van der Waals surface area contributed by atoms with E-state index in [0.29, 0.717) is 25.4 Å². The van der Waals surface area contributed by atoms with E-state index in [1.807, 2.05) is 56.3 Å². The lowest BCUT2D eigenvalue weighted by Crippen LogP contribution is -2.33. The minimum Gasteiger partial charge on any atom is -0.494 e. The molecule has 25 heavy (non-hydrogen) atoms. The number of benzene rings is 2. The molecule has 1 heterocycles. The molecule has 0 radical (unpaired) electrons. The Morgan fingerprint density at radius 3 is 2.80 bits per heavy atom. The first-order chi connectivity index (χ1) is 12.0. The molecule has 0 fully saturated rings. The van der Waals surface area contributed by atoms with Gasteiger partial charge in [-0.15, -0.1) is 0 Å².